The van der Waals surface area contributed by atoms with E-state index in [1.807, 2.05) is 0 Å². The quantitative estimate of drug-likeness (QED) is 0.678. The lowest BCUT2D eigenvalue weighted by Gasteiger charge is -2.09. The van der Waals surface area contributed by atoms with Crippen LogP contribution in [0, 0.1) is 5.82 Å². The van der Waals surface area contributed by atoms with Gasteiger partial charge in [-0.1, -0.05) is 37.1 Å². The van der Waals surface area contributed by atoms with Gasteiger partial charge in [0.1, 0.15) is 5.82 Å². The second kappa shape index (κ2) is 7.89. The van der Waals surface area contributed by atoms with Crippen molar-refractivity contribution >= 4 is 23.0 Å². The number of hydrogen-bond acceptors (Lipinski definition) is 2. The molecular weight excluding hydrogens is 287 g/mol. The van der Waals surface area contributed by atoms with Crippen molar-refractivity contribution < 1.29 is 4.39 Å². The van der Waals surface area contributed by atoms with E-state index in [1.165, 1.54) is 18.9 Å². The lowest BCUT2D eigenvalue weighted by Crippen LogP contribution is -2.02. The maximum Gasteiger partial charge on any atom is 0.143 e. The number of nitrogens with one attached hydrogen (secondary N) is 2. The Bertz CT molecular complexity index is 570. The Kier molecular flexibility index (Phi) is 5.88. The molecule has 2 aromatic carbocycles. The van der Waals surface area contributed by atoms with Crippen molar-refractivity contribution in [3.63, 3.8) is 0 Å². The Morgan fingerprint density at radius 1 is 1.00 bits per heavy atom. The maximum atomic E-state index is 13.3. The van der Waals surface area contributed by atoms with Gasteiger partial charge in [0.15, 0.2) is 0 Å². The Balaban J connectivity index is 1.86. The molecule has 2 nitrogen and oxygen atoms in total. The number of anilines is 2. The molecule has 0 aliphatic carbocycles. The molecule has 0 amide bonds. The summed E-state index contributed by atoms with van der Waals surface area (Å²) in [5.74, 6) is -0.405. The van der Waals surface area contributed by atoms with Crippen LogP contribution in [-0.2, 0) is 6.54 Å². The van der Waals surface area contributed by atoms with Gasteiger partial charge in [0.05, 0.1) is 5.02 Å². The van der Waals surface area contributed by atoms with Crippen LogP contribution >= 0.6 is 11.6 Å². The number of rotatable bonds is 7. The molecule has 0 aliphatic heterocycles. The van der Waals surface area contributed by atoms with E-state index in [2.05, 4.69) is 41.8 Å². The van der Waals surface area contributed by atoms with Crippen LogP contribution in [-0.4, -0.2) is 6.54 Å². The SMILES string of the molecule is CCCCNc1ccc(CNc2ccc(Cl)c(F)c2)cc1. The third-order valence-electron chi connectivity index (χ3n) is 3.23. The monoisotopic (exact) mass is 306 g/mol. The van der Waals surface area contributed by atoms with E-state index in [-0.39, 0.29) is 5.02 Å². The molecule has 0 atom stereocenters. The van der Waals surface area contributed by atoms with Gasteiger partial charge in [0.25, 0.3) is 0 Å². The molecule has 112 valence electrons. The van der Waals surface area contributed by atoms with Crippen LogP contribution in [0.15, 0.2) is 42.5 Å². The highest BCUT2D eigenvalue weighted by Crippen LogP contribution is 2.19. The fourth-order valence-electron chi connectivity index (χ4n) is 1.96. The van der Waals surface area contributed by atoms with Crippen LogP contribution in [0.5, 0.6) is 0 Å². The van der Waals surface area contributed by atoms with Crippen LogP contribution in [0.1, 0.15) is 25.3 Å². The summed E-state index contributed by atoms with van der Waals surface area (Å²) in [6, 6.07) is 13.0. The molecule has 0 radical (unpaired) electrons. The molecule has 0 aliphatic rings. The minimum atomic E-state index is -0.405. The fourth-order valence-corrected chi connectivity index (χ4v) is 2.08. The van der Waals surface area contributed by atoms with Crippen molar-refractivity contribution in [3.05, 3.63) is 58.9 Å². The Labute approximate surface area is 130 Å². The summed E-state index contributed by atoms with van der Waals surface area (Å²) in [6.07, 6.45) is 2.36. The molecule has 21 heavy (non-hydrogen) atoms. The Morgan fingerprint density at radius 2 is 1.71 bits per heavy atom. The summed E-state index contributed by atoms with van der Waals surface area (Å²) in [5, 5.41) is 6.70. The van der Waals surface area contributed by atoms with Crippen molar-refractivity contribution in [2.75, 3.05) is 17.2 Å². The highest BCUT2D eigenvalue weighted by molar-refractivity contribution is 6.30. The Hall–Kier alpha value is -1.74. The molecule has 0 bridgehead atoms. The lowest BCUT2D eigenvalue weighted by atomic mass is 10.2. The summed E-state index contributed by atoms with van der Waals surface area (Å²) in [6.45, 7) is 3.82. The maximum absolute atomic E-state index is 13.3. The van der Waals surface area contributed by atoms with Gasteiger partial charge < -0.3 is 10.6 Å². The molecule has 2 rings (SSSR count). The lowest BCUT2D eigenvalue weighted by molar-refractivity contribution is 0.628. The van der Waals surface area contributed by atoms with Gasteiger partial charge in [-0.15, -0.1) is 0 Å². The third kappa shape index (κ3) is 4.94. The Morgan fingerprint density at radius 3 is 2.38 bits per heavy atom. The molecule has 2 aromatic rings. The van der Waals surface area contributed by atoms with Crippen LogP contribution in [0.2, 0.25) is 5.02 Å². The van der Waals surface area contributed by atoms with E-state index < -0.39 is 5.82 Å². The van der Waals surface area contributed by atoms with Gasteiger partial charge in [0, 0.05) is 24.5 Å². The molecule has 0 fully saturated rings. The van der Waals surface area contributed by atoms with Gasteiger partial charge in [0.2, 0.25) is 0 Å². The summed E-state index contributed by atoms with van der Waals surface area (Å²) in [7, 11) is 0. The van der Waals surface area contributed by atoms with E-state index in [4.69, 9.17) is 11.6 Å². The van der Waals surface area contributed by atoms with Crippen molar-refractivity contribution in [2.45, 2.75) is 26.3 Å². The molecule has 0 aromatic heterocycles. The van der Waals surface area contributed by atoms with Gasteiger partial charge in [-0.2, -0.15) is 0 Å². The van der Waals surface area contributed by atoms with Gasteiger partial charge in [-0.05, 0) is 42.3 Å². The van der Waals surface area contributed by atoms with E-state index in [0.29, 0.717) is 6.54 Å². The highest BCUT2D eigenvalue weighted by Gasteiger charge is 2.01. The normalized spacial score (nSPS) is 10.4. The number of unbranched alkanes of at least 4 members (excludes halogenated alkanes) is 1. The minimum absolute atomic E-state index is 0.142. The van der Waals surface area contributed by atoms with Crippen molar-refractivity contribution in [1.82, 2.24) is 0 Å². The number of benzene rings is 2. The fraction of sp³-hybridized carbons (Fsp3) is 0.294. The van der Waals surface area contributed by atoms with Crippen LogP contribution in [0.3, 0.4) is 0 Å². The molecule has 0 saturated carbocycles. The van der Waals surface area contributed by atoms with E-state index in [1.54, 1.807) is 12.1 Å². The average molecular weight is 307 g/mol. The van der Waals surface area contributed by atoms with E-state index in [9.17, 15) is 4.39 Å². The van der Waals surface area contributed by atoms with Crippen molar-refractivity contribution in [2.24, 2.45) is 0 Å². The molecular formula is C17H20ClFN2. The van der Waals surface area contributed by atoms with Gasteiger partial charge in [-0.3, -0.25) is 0 Å². The first-order valence-electron chi connectivity index (χ1n) is 7.21. The zero-order valence-electron chi connectivity index (χ0n) is 12.1. The topological polar surface area (TPSA) is 24.1 Å². The summed E-state index contributed by atoms with van der Waals surface area (Å²) < 4.78 is 13.3. The van der Waals surface area contributed by atoms with Gasteiger partial charge >= 0.3 is 0 Å². The summed E-state index contributed by atoms with van der Waals surface area (Å²) in [5.41, 5.74) is 3.00. The molecule has 0 heterocycles. The third-order valence-corrected chi connectivity index (χ3v) is 3.54. The zero-order chi connectivity index (χ0) is 15.1. The highest BCUT2D eigenvalue weighted by atomic mass is 35.5. The van der Waals surface area contributed by atoms with E-state index in [0.717, 1.165) is 23.5 Å². The predicted octanol–water partition coefficient (Wildman–Crippen LogP) is 5.30. The molecule has 4 heteroatoms. The van der Waals surface area contributed by atoms with Crippen LogP contribution < -0.4 is 10.6 Å². The number of hydrogen-bond donors (Lipinski definition) is 2. The van der Waals surface area contributed by atoms with Gasteiger partial charge in [-0.25, -0.2) is 4.39 Å². The first-order valence-corrected chi connectivity index (χ1v) is 7.58. The minimum Gasteiger partial charge on any atom is -0.385 e. The first-order chi connectivity index (χ1) is 10.2. The molecule has 2 N–H and O–H groups in total. The zero-order valence-corrected chi connectivity index (χ0v) is 12.9. The average Bonchev–Trinajstić information content (AvgIpc) is 2.50. The van der Waals surface area contributed by atoms with Crippen molar-refractivity contribution in [1.29, 1.82) is 0 Å². The largest absolute Gasteiger partial charge is 0.385 e. The molecule has 0 spiro atoms. The second-order valence-corrected chi connectivity index (χ2v) is 5.37. The summed E-state index contributed by atoms with van der Waals surface area (Å²) >= 11 is 5.66. The molecule has 0 unspecified atom stereocenters. The van der Waals surface area contributed by atoms with Crippen LogP contribution in [0.4, 0.5) is 15.8 Å². The number of halogens is 2. The standard InChI is InChI=1S/C17H20ClFN2/c1-2-3-10-20-14-6-4-13(5-7-14)12-21-15-8-9-16(18)17(19)11-15/h4-9,11,20-21H,2-3,10,12H2,1H3. The van der Waals surface area contributed by atoms with Crippen LogP contribution in [0.25, 0.3) is 0 Å². The second-order valence-electron chi connectivity index (χ2n) is 4.96. The van der Waals surface area contributed by atoms with Crippen molar-refractivity contribution in [3.8, 4) is 0 Å². The van der Waals surface area contributed by atoms with E-state index >= 15 is 0 Å². The smallest absolute Gasteiger partial charge is 0.143 e. The summed E-state index contributed by atoms with van der Waals surface area (Å²) in [4.78, 5) is 0. The molecule has 0 saturated heterocycles. The predicted molar refractivity (Wildman–Crippen MR) is 88.6 cm³/mol. The first kappa shape index (κ1) is 15.6.